The zero-order valence-corrected chi connectivity index (χ0v) is 43.3. The fraction of sp³-hybridized carbons (Fsp3) is 0.344. The molecule has 0 atom stereocenters. The lowest BCUT2D eigenvalue weighted by molar-refractivity contribution is 0.521. The third-order valence-corrected chi connectivity index (χ3v) is 15.7. The van der Waals surface area contributed by atoms with Crippen molar-refractivity contribution in [1.29, 1.82) is 0 Å². The van der Waals surface area contributed by atoms with Gasteiger partial charge in [0.05, 0.1) is 5.69 Å². The Morgan fingerprint density at radius 3 is 1.37 bits per heavy atom. The van der Waals surface area contributed by atoms with E-state index in [2.05, 4.69) is 260 Å². The monoisotopic (exact) mass is 879 g/mol. The van der Waals surface area contributed by atoms with E-state index in [1.54, 1.807) is 0 Å². The Hall–Kier alpha value is -5.80. The second-order valence-electron chi connectivity index (χ2n) is 25.2. The van der Waals surface area contributed by atoms with Gasteiger partial charge in [0, 0.05) is 44.8 Å². The molecule has 0 saturated carbocycles. The van der Waals surface area contributed by atoms with Crippen LogP contribution in [0.1, 0.15) is 155 Å². The predicted molar refractivity (Wildman–Crippen MR) is 291 cm³/mol. The SMILES string of the molecule is CC(C)(C)c1ccc(N2c3ccc(C(C)(C)C)cc3B3c4cc5c(cc4N(c4ccc(C(C)(C)C)cc4-c4ccccc4)c4cc(C(C)(C)C)cc2c43)C(C)(C)c2ccccc2C5(C)C)cc1. The third kappa shape index (κ3) is 7.12. The molecule has 2 nitrogen and oxygen atoms in total. The van der Waals surface area contributed by atoms with E-state index in [1.165, 1.54) is 106 Å². The van der Waals surface area contributed by atoms with Crippen LogP contribution in [-0.2, 0) is 32.5 Å². The van der Waals surface area contributed by atoms with E-state index in [9.17, 15) is 0 Å². The first-order chi connectivity index (χ1) is 31.3. The molecule has 1 aliphatic carbocycles. The second-order valence-corrected chi connectivity index (χ2v) is 25.2. The molecule has 0 radical (unpaired) electrons. The van der Waals surface area contributed by atoms with Crippen LogP contribution in [0.25, 0.3) is 11.1 Å². The summed E-state index contributed by atoms with van der Waals surface area (Å²) in [5.74, 6) is 0. The summed E-state index contributed by atoms with van der Waals surface area (Å²) in [6.45, 7) is 37.9. The third-order valence-electron chi connectivity index (χ3n) is 15.7. The predicted octanol–water partition coefficient (Wildman–Crippen LogP) is 15.6. The van der Waals surface area contributed by atoms with Crippen LogP contribution in [0.2, 0.25) is 0 Å². The van der Waals surface area contributed by atoms with E-state index in [4.69, 9.17) is 0 Å². The van der Waals surface area contributed by atoms with Gasteiger partial charge in [-0.1, -0.05) is 202 Å². The Balaban J connectivity index is 1.38. The number of hydrogen-bond donors (Lipinski definition) is 0. The van der Waals surface area contributed by atoms with E-state index in [0.29, 0.717) is 0 Å². The van der Waals surface area contributed by atoms with Crippen LogP contribution < -0.4 is 26.2 Å². The molecule has 2 aliphatic heterocycles. The summed E-state index contributed by atoms with van der Waals surface area (Å²) in [6.07, 6.45) is 0. The molecule has 0 aromatic heterocycles. The molecule has 3 aliphatic rings. The minimum absolute atomic E-state index is 0.0110. The van der Waals surface area contributed by atoms with Gasteiger partial charge in [0.15, 0.2) is 0 Å². The topological polar surface area (TPSA) is 6.48 Å². The average molecular weight is 879 g/mol. The molecule has 0 N–H and O–H groups in total. The lowest BCUT2D eigenvalue weighted by Crippen LogP contribution is -2.62. The van der Waals surface area contributed by atoms with E-state index < -0.39 is 0 Å². The van der Waals surface area contributed by atoms with E-state index in [1.807, 2.05) is 0 Å². The highest BCUT2D eigenvalue weighted by molar-refractivity contribution is 7.00. The van der Waals surface area contributed by atoms with Gasteiger partial charge in [-0.3, -0.25) is 0 Å². The first-order valence-electron chi connectivity index (χ1n) is 24.8. The first-order valence-corrected chi connectivity index (χ1v) is 24.8. The van der Waals surface area contributed by atoms with Crippen molar-refractivity contribution in [3.05, 3.63) is 184 Å². The summed E-state index contributed by atoms with van der Waals surface area (Å²) in [6, 6.07) is 54.9. The Morgan fingerprint density at radius 2 is 0.821 bits per heavy atom. The summed E-state index contributed by atoms with van der Waals surface area (Å²) in [7, 11) is 0. The van der Waals surface area contributed by atoms with Crippen LogP contribution in [0.15, 0.2) is 140 Å². The zero-order valence-electron chi connectivity index (χ0n) is 43.3. The second kappa shape index (κ2) is 14.9. The molecule has 0 fully saturated rings. The molecule has 0 unspecified atom stereocenters. The van der Waals surface area contributed by atoms with Crippen molar-refractivity contribution in [3.8, 4) is 11.1 Å². The zero-order chi connectivity index (χ0) is 48.0. The van der Waals surface area contributed by atoms with Crippen LogP contribution in [0, 0.1) is 0 Å². The maximum Gasteiger partial charge on any atom is 0.252 e. The van der Waals surface area contributed by atoms with Crippen molar-refractivity contribution >= 4 is 57.2 Å². The summed E-state index contributed by atoms with van der Waals surface area (Å²) in [5, 5.41) is 0. The molecule has 7 aromatic carbocycles. The van der Waals surface area contributed by atoms with Gasteiger partial charge in [0.2, 0.25) is 0 Å². The summed E-state index contributed by atoms with van der Waals surface area (Å²) in [4.78, 5) is 5.29. The van der Waals surface area contributed by atoms with Crippen molar-refractivity contribution in [1.82, 2.24) is 0 Å². The van der Waals surface area contributed by atoms with E-state index in [0.717, 1.165) is 0 Å². The Morgan fingerprint density at radius 1 is 0.358 bits per heavy atom. The molecule has 10 rings (SSSR count). The minimum atomic E-state index is -0.223. The Bertz CT molecular complexity index is 3100. The highest BCUT2D eigenvalue weighted by Crippen LogP contribution is 2.54. The van der Waals surface area contributed by atoms with Gasteiger partial charge in [-0.25, -0.2) is 0 Å². The summed E-state index contributed by atoms with van der Waals surface area (Å²) in [5.41, 5.74) is 24.4. The van der Waals surface area contributed by atoms with Gasteiger partial charge in [-0.2, -0.15) is 0 Å². The molecule has 0 amide bonds. The maximum atomic E-state index is 2.69. The number of anilines is 6. The van der Waals surface area contributed by atoms with Crippen molar-refractivity contribution < 1.29 is 0 Å². The molecule has 0 saturated heterocycles. The molecule has 0 spiro atoms. The van der Waals surface area contributed by atoms with Crippen molar-refractivity contribution in [2.45, 2.75) is 143 Å². The van der Waals surface area contributed by atoms with Crippen molar-refractivity contribution in [2.24, 2.45) is 0 Å². The molecule has 67 heavy (non-hydrogen) atoms. The van der Waals surface area contributed by atoms with Crippen LogP contribution in [0.3, 0.4) is 0 Å². The molecular weight excluding hydrogens is 808 g/mol. The van der Waals surface area contributed by atoms with Gasteiger partial charge in [0.1, 0.15) is 0 Å². The van der Waals surface area contributed by atoms with Crippen LogP contribution in [-0.4, -0.2) is 6.71 Å². The lowest BCUT2D eigenvalue weighted by Gasteiger charge is -2.48. The number of nitrogens with zero attached hydrogens (tertiary/aromatic N) is 2. The van der Waals surface area contributed by atoms with Crippen molar-refractivity contribution in [2.75, 3.05) is 9.80 Å². The molecule has 7 aromatic rings. The average Bonchev–Trinajstić information content (AvgIpc) is 3.26. The molecule has 3 heteroatoms. The van der Waals surface area contributed by atoms with Gasteiger partial charge < -0.3 is 9.80 Å². The summed E-state index contributed by atoms with van der Waals surface area (Å²) < 4.78 is 0. The van der Waals surface area contributed by atoms with Gasteiger partial charge in [-0.05, 0) is 137 Å². The van der Waals surface area contributed by atoms with E-state index >= 15 is 0 Å². The van der Waals surface area contributed by atoms with Gasteiger partial charge in [-0.15, -0.1) is 0 Å². The molecule has 340 valence electrons. The Kier molecular flexibility index (Phi) is 9.98. The van der Waals surface area contributed by atoms with Crippen LogP contribution in [0.5, 0.6) is 0 Å². The molecule has 2 heterocycles. The lowest BCUT2D eigenvalue weighted by atomic mass is 9.32. The smallest absolute Gasteiger partial charge is 0.252 e. The highest BCUT2D eigenvalue weighted by atomic mass is 15.2. The minimum Gasteiger partial charge on any atom is -0.311 e. The largest absolute Gasteiger partial charge is 0.311 e. The van der Waals surface area contributed by atoms with E-state index in [-0.39, 0.29) is 39.2 Å². The quantitative estimate of drug-likeness (QED) is 0.163. The molecular formula is C64H71BN2. The standard InChI is InChI=1S/C64H71BN2/c1-59(2,3)41-26-30-45(31-27-41)66-54-33-29-43(61(7,8)9)35-51(54)65-52-38-49-50(64(15,16)48-25-21-20-24-47(48)63(49,13)14)39-55(52)67(57-37-44(62(10,11)12)36-56(66)58(57)65)53-32-28-42(60(4,5)6)34-46(53)40-22-18-17-19-23-40/h17-39H,1-16H3. The highest BCUT2D eigenvalue weighted by Gasteiger charge is 2.48. The normalized spacial score (nSPS) is 15.9. The fourth-order valence-corrected chi connectivity index (χ4v) is 11.5. The first kappa shape index (κ1) is 45.0. The molecule has 0 bridgehead atoms. The van der Waals surface area contributed by atoms with Gasteiger partial charge >= 0.3 is 0 Å². The summed E-state index contributed by atoms with van der Waals surface area (Å²) >= 11 is 0. The van der Waals surface area contributed by atoms with Crippen molar-refractivity contribution in [3.63, 3.8) is 0 Å². The maximum absolute atomic E-state index is 2.69. The number of fused-ring (bicyclic) bond motifs is 6. The number of benzene rings is 7. The van der Waals surface area contributed by atoms with Gasteiger partial charge in [0.25, 0.3) is 6.71 Å². The fourth-order valence-electron chi connectivity index (χ4n) is 11.5. The van der Waals surface area contributed by atoms with Crippen LogP contribution >= 0.6 is 0 Å². The van der Waals surface area contributed by atoms with Crippen LogP contribution in [0.4, 0.5) is 34.1 Å². The number of hydrogen-bond acceptors (Lipinski definition) is 2. The Labute approximate surface area is 403 Å². The number of rotatable bonds is 3.